The van der Waals surface area contributed by atoms with E-state index < -0.39 is 0 Å². The van der Waals surface area contributed by atoms with Crippen LogP contribution in [-0.4, -0.2) is 18.8 Å². The highest BCUT2D eigenvalue weighted by molar-refractivity contribution is 7.98. The fourth-order valence-electron chi connectivity index (χ4n) is 1.41. The number of rotatable bonds is 5. The third-order valence-corrected chi connectivity index (χ3v) is 3.19. The van der Waals surface area contributed by atoms with E-state index in [2.05, 4.69) is 24.2 Å². The maximum atomic E-state index is 13.2. The second-order valence-electron chi connectivity index (χ2n) is 4.43. The van der Waals surface area contributed by atoms with Crippen molar-refractivity contribution in [2.45, 2.75) is 25.3 Å². The number of nitrogens with zero attached hydrogens (tertiary/aromatic N) is 1. The van der Waals surface area contributed by atoms with Gasteiger partial charge in [0.1, 0.15) is 5.82 Å². The van der Waals surface area contributed by atoms with E-state index in [1.165, 1.54) is 12.1 Å². The smallest absolute Gasteiger partial charge is 0.188 e. The highest BCUT2D eigenvalue weighted by atomic mass is 32.2. The maximum Gasteiger partial charge on any atom is 0.188 e. The van der Waals surface area contributed by atoms with Crippen LogP contribution in [0.5, 0.6) is 0 Å². The molecule has 0 unspecified atom stereocenters. The first-order chi connectivity index (χ1) is 8.52. The van der Waals surface area contributed by atoms with Gasteiger partial charge in [0.25, 0.3) is 0 Å². The van der Waals surface area contributed by atoms with Gasteiger partial charge in [-0.25, -0.2) is 9.38 Å². The van der Waals surface area contributed by atoms with Gasteiger partial charge in [-0.3, -0.25) is 0 Å². The summed E-state index contributed by atoms with van der Waals surface area (Å²) in [7, 11) is 0. The third-order valence-electron chi connectivity index (χ3n) is 2.35. The Kier molecular flexibility index (Phi) is 5.98. The van der Waals surface area contributed by atoms with Gasteiger partial charge in [-0.2, -0.15) is 0 Å². The molecule has 0 radical (unpaired) electrons. The van der Waals surface area contributed by atoms with E-state index in [1.54, 1.807) is 17.8 Å². The maximum absolute atomic E-state index is 13.2. The van der Waals surface area contributed by atoms with Crippen molar-refractivity contribution in [2.75, 3.05) is 12.8 Å². The molecule has 3 N–H and O–H groups in total. The number of thioether (sulfide) groups is 1. The zero-order valence-corrected chi connectivity index (χ0v) is 11.9. The van der Waals surface area contributed by atoms with Crippen molar-refractivity contribution in [3.63, 3.8) is 0 Å². The van der Waals surface area contributed by atoms with Gasteiger partial charge in [-0.15, -0.1) is 11.8 Å². The minimum atomic E-state index is -0.244. The van der Waals surface area contributed by atoms with Crippen molar-refractivity contribution < 1.29 is 4.39 Å². The summed E-state index contributed by atoms with van der Waals surface area (Å²) in [6.07, 6.45) is 1.96. The summed E-state index contributed by atoms with van der Waals surface area (Å²) in [4.78, 5) is 5.24. The Hall–Kier alpha value is -1.23. The number of hydrogen-bond acceptors (Lipinski definition) is 2. The molecule has 0 fully saturated rings. The fraction of sp³-hybridized carbons (Fsp3) is 0.462. The van der Waals surface area contributed by atoms with Crippen molar-refractivity contribution in [3.05, 3.63) is 29.6 Å². The predicted molar refractivity (Wildman–Crippen MR) is 76.3 cm³/mol. The predicted octanol–water partition coefficient (Wildman–Crippen LogP) is 2.61. The van der Waals surface area contributed by atoms with Crippen LogP contribution < -0.4 is 11.1 Å². The minimum absolute atomic E-state index is 0.244. The standard InChI is InChI=1S/C13H20FN3S/c1-9(2)7-16-13(15)17-8-10-6-11(14)4-5-12(10)18-3/h4-6,9H,7-8H2,1-3H3,(H3,15,16,17). The summed E-state index contributed by atoms with van der Waals surface area (Å²) in [5, 5.41) is 3.03. The van der Waals surface area contributed by atoms with Gasteiger partial charge in [-0.1, -0.05) is 13.8 Å². The van der Waals surface area contributed by atoms with Crippen LogP contribution >= 0.6 is 11.8 Å². The lowest BCUT2D eigenvalue weighted by atomic mass is 10.2. The molecule has 0 saturated carbocycles. The lowest BCUT2D eigenvalue weighted by Gasteiger charge is -2.09. The summed E-state index contributed by atoms with van der Waals surface area (Å²) >= 11 is 1.58. The van der Waals surface area contributed by atoms with E-state index in [1.807, 2.05) is 6.26 Å². The third kappa shape index (κ3) is 4.96. The monoisotopic (exact) mass is 269 g/mol. The molecule has 0 heterocycles. The molecule has 0 amide bonds. The normalized spacial score (nSPS) is 11.9. The lowest BCUT2D eigenvalue weighted by Crippen LogP contribution is -2.34. The molecule has 0 atom stereocenters. The molecule has 3 nitrogen and oxygen atoms in total. The second-order valence-corrected chi connectivity index (χ2v) is 5.28. The molecule has 0 aromatic heterocycles. The van der Waals surface area contributed by atoms with Crippen LogP contribution in [0.4, 0.5) is 4.39 Å². The van der Waals surface area contributed by atoms with Crippen LogP contribution in [-0.2, 0) is 6.54 Å². The molecule has 1 rings (SSSR count). The Morgan fingerprint density at radius 2 is 2.22 bits per heavy atom. The molecular formula is C13H20FN3S. The molecule has 0 aliphatic carbocycles. The van der Waals surface area contributed by atoms with Crippen LogP contribution in [0.15, 0.2) is 28.1 Å². The quantitative estimate of drug-likeness (QED) is 0.491. The van der Waals surface area contributed by atoms with Gasteiger partial charge in [-0.05, 0) is 35.9 Å². The molecule has 0 bridgehead atoms. The first kappa shape index (κ1) is 14.8. The number of hydrogen-bond donors (Lipinski definition) is 2. The number of benzene rings is 1. The van der Waals surface area contributed by atoms with Crippen molar-refractivity contribution in [3.8, 4) is 0 Å². The van der Waals surface area contributed by atoms with E-state index in [0.29, 0.717) is 18.4 Å². The highest BCUT2D eigenvalue weighted by Crippen LogP contribution is 2.21. The van der Waals surface area contributed by atoms with E-state index in [-0.39, 0.29) is 5.82 Å². The summed E-state index contributed by atoms with van der Waals surface area (Å²) in [5.74, 6) is 0.668. The van der Waals surface area contributed by atoms with Crippen molar-refractivity contribution in [1.82, 2.24) is 5.32 Å². The Morgan fingerprint density at radius 3 is 2.83 bits per heavy atom. The number of aliphatic imine (C=N–C) groups is 1. The molecule has 1 aromatic carbocycles. The Morgan fingerprint density at radius 1 is 1.50 bits per heavy atom. The molecule has 0 saturated heterocycles. The van der Waals surface area contributed by atoms with Crippen molar-refractivity contribution in [1.29, 1.82) is 0 Å². The molecule has 0 aliphatic heterocycles. The summed E-state index contributed by atoms with van der Waals surface area (Å²) in [6.45, 7) is 5.37. The zero-order valence-electron chi connectivity index (χ0n) is 11.0. The highest BCUT2D eigenvalue weighted by Gasteiger charge is 2.03. The van der Waals surface area contributed by atoms with Gasteiger partial charge in [0.05, 0.1) is 6.54 Å². The van der Waals surface area contributed by atoms with Gasteiger partial charge in [0.15, 0.2) is 5.96 Å². The van der Waals surface area contributed by atoms with Crippen molar-refractivity contribution in [2.24, 2.45) is 16.6 Å². The molecule has 100 valence electrons. The largest absolute Gasteiger partial charge is 0.370 e. The Labute approximate surface area is 112 Å². The summed E-state index contributed by atoms with van der Waals surface area (Å²) < 4.78 is 13.2. The molecule has 18 heavy (non-hydrogen) atoms. The SMILES string of the molecule is CSc1ccc(F)cc1CN=C(N)NCC(C)C. The average molecular weight is 269 g/mol. The van der Waals surface area contributed by atoms with E-state index in [0.717, 1.165) is 17.0 Å². The molecule has 0 spiro atoms. The fourth-order valence-corrected chi connectivity index (χ4v) is 2.00. The molecule has 5 heteroatoms. The van der Waals surface area contributed by atoms with Gasteiger partial charge < -0.3 is 11.1 Å². The van der Waals surface area contributed by atoms with E-state index in [9.17, 15) is 4.39 Å². The molecule has 0 aliphatic rings. The molecular weight excluding hydrogens is 249 g/mol. The van der Waals surface area contributed by atoms with Crippen LogP contribution in [0.3, 0.4) is 0 Å². The van der Waals surface area contributed by atoms with Gasteiger partial charge >= 0.3 is 0 Å². The van der Waals surface area contributed by atoms with Crippen LogP contribution in [0.1, 0.15) is 19.4 Å². The number of nitrogens with two attached hydrogens (primary N) is 1. The van der Waals surface area contributed by atoms with E-state index >= 15 is 0 Å². The van der Waals surface area contributed by atoms with Crippen LogP contribution in [0, 0.1) is 11.7 Å². The average Bonchev–Trinajstić information content (AvgIpc) is 2.34. The first-order valence-corrected chi connectivity index (χ1v) is 7.11. The van der Waals surface area contributed by atoms with Crippen molar-refractivity contribution >= 4 is 17.7 Å². The topological polar surface area (TPSA) is 50.4 Å². The number of nitrogens with one attached hydrogen (secondary N) is 1. The second kappa shape index (κ2) is 7.26. The van der Waals surface area contributed by atoms with Crippen LogP contribution in [0.2, 0.25) is 0 Å². The first-order valence-electron chi connectivity index (χ1n) is 5.89. The zero-order chi connectivity index (χ0) is 13.5. The van der Waals surface area contributed by atoms with Gasteiger partial charge in [0, 0.05) is 11.4 Å². The Bertz CT molecular complexity index is 419. The lowest BCUT2D eigenvalue weighted by molar-refractivity contribution is 0.620. The van der Waals surface area contributed by atoms with E-state index in [4.69, 9.17) is 5.73 Å². The van der Waals surface area contributed by atoms with Gasteiger partial charge in [0.2, 0.25) is 0 Å². The number of guanidine groups is 1. The Balaban J connectivity index is 2.66. The summed E-state index contributed by atoms with van der Waals surface area (Å²) in [5.41, 5.74) is 6.60. The number of halogens is 1. The summed E-state index contributed by atoms with van der Waals surface area (Å²) in [6, 6.07) is 4.73. The molecule has 1 aromatic rings. The minimum Gasteiger partial charge on any atom is -0.370 e. The van der Waals surface area contributed by atoms with Crippen LogP contribution in [0.25, 0.3) is 0 Å².